The summed E-state index contributed by atoms with van der Waals surface area (Å²) in [6, 6.07) is 7.13. The molecule has 1 heterocycles. The van der Waals surface area contributed by atoms with E-state index in [4.69, 9.17) is 0 Å². The fourth-order valence-electron chi connectivity index (χ4n) is 2.29. The Hall–Kier alpha value is -0.950. The Morgan fingerprint density at radius 2 is 2.05 bits per heavy atom. The van der Waals surface area contributed by atoms with Gasteiger partial charge in [0.05, 0.1) is 4.90 Å². The second kappa shape index (κ2) is 7.17. The summed E-state index contributed by atoms with van der Waals surface area (Å²) >= 11 is 0. The third kappa shape index (κ3) is 4.28. The molecule has 5 nitrogen and oxygen atoms in total. The van der Waals surface area contributed by atoms with Crippen molar-refractivity contribution in [3.8, 4) is 0 Å². The van der Waals surface area contributed by atoms with Gasteiger partial charge in [-0.25, -0.2) is 13.1 Å². The van der Waals surface area contributed by atoms with Crippen LogP contribution in [-0.2, 0) is 16.4 Å². The first kappa shape index (κ1) is 15.4. The van der Waals surface area contributed by atoms with Crippen LogP contribution in [0.15, 0.2) is 29.2 Å². The molecule has 1 aromatic carbocycles. The number of hydrogen-bond acceptors (Lipinski definition) is 4. The summed E-state index contributed by atoms with van der Waals surface area (Å²) in [5, 5.41) is 3.28. The Morgan fingerprint density at radius 3 is 2.75 bits per heavy atom. The van der Waals surface area contributed by atoms with E-state index < -0.39 is 10.0 Å². The van der Waals surface area contributed by atoms with Gasteiger partial charge in [-0.2, -0.15) is 0 Å². The molecule has 0 aliphatic carbocycles. The number of aryl methyl sites for hydroxylation is 1. The summed E-state index contributed by atoms with van der Waals surface area (Å²) < 4.78 is 27.1. The van der Waals surface area contributed by atoms with E-state index in [9.17, 15) is 8.42 Å². The largest absolute Gasteiger partial charge is 0.314 e. The van der Waals surface area contributed by atoms with E-state index in [1.54, 1.807) is 18.2 Å². The molecule has 1 fully saturated rings. The predicted molar refractivity (Wildman–Crippen MR) is 80.3 cm³/mol. The molecule has 0 atom stereocenters. The van der Waals surface area contributed by atoms with Crippen LogP contribution in [0.5, 0.6) is 0 Å². The molecule has 1 saturated heterocycles. The van der Waals surface area contributed by atoms with Gasteiger partial charge in [0.15, 0.2) is 0 Å². The van der Waals surface area contributed by atoms with Crippen molar-refractivity contribution in [2.45, 2.75) is 18.2 Å². The maximum absolute atomic E-state index is 12.2. The van der Waals surface area contributed by atoms with Gasteiger partial charge in [0, 0.05) is 39.3 Å². The Morgan fingerprint density at radius 1 is 1.30 bits per heavy atom. The third-order valence-electron chi connectivity index (χ3n) is 3.55. The second-order valence-corrected chi connectivity index (χ2v) is 6.76. The molecule has 0 radical (unpaired) electrons. The molecule has 1 aliphatic heterocycles. The molecule has 0 unspecified atom stereocenters. The fourth-order valence-corrected chi connectivity index (χ4v) is 3.38. The predicted octanol–water partition coefficient (Wildman–Crippen LogP) is 0.433. The third-order valence-corrected chi connectivity index (χ3v) is 5.01. The van der Waals surface area contributed by atoms with Crippen LogP contribution in [0.2, 0.25) is 0 Å². The minimum atomic E-state index is -3.39. The lowest BCUT2D eigenvalue weighted by atomic mass is 10.2. The highest BCUT2D eigenvalue weighted by Gasteiger charge is 2.15. The van der Waals surface area contributed by atoms with Crippen molar-refractivity contribution in [3.63, 3.8) is 0 Å². The molecule has 2 N–H and O–H groups in total. The van der Waals surface area contributed by atoms with E-state index in [0.29, 0.717) is 11.4 Å². The highest BCUT2D eigenvalue weighted by atomic mass is 32.2. The quantitative estimate of drug-likeness (QED) is 0.799. The number of benzene rings is 1. The molecule has 6 heteroatoms. The Bertz CT molecular complexity index is 525. The van der Waals surface area contributed by atoms with Crippen LogP contribution in [-0.4, -0.2) is 52.6 Å². The van der Waals surface area contributed by atoms with Crippen LogP contribution in [0.3, 0.4) is 0 Å². The van der Waals surface area contributed by atoms with Gasteiger partial charge in [0.1, 0.15) is 0 Å². The van der Waals surface area contributed by atoms with Crippen molar-refractivity contribution in [1.29, 1.82) is 0 Å². The number of rotatable bonds is 6. The number of nitrogens with zero attached hydrogens (tertiary/aromatic N) is 1. The lowest BCUT2D eigenvalue weighted by molar-refractivity contribution is 0.245. The molecule has 2 rings (SSSR count). The number of piperazine rings is 1. The van der Waals surface area contributed by atoms with E-state index in [1.807, 2.05) is 13.0 Å². The van der Waals surface area contributed by atoms with Crippen molar-refractivity contribution in [1.82, 2.24) is 14.9 Å². The monoisotopic (exact) mass is 297 g/mol. The number of sulfonamides is 1. The van der Waals surface area contributed by atoms with Crippen LogP contribution in [0.25, 0.3) is 0 Å². The van der Waals surface area contributed by atoms with Crippen LogP contribution >= 0.6 is 0 Å². The molecule has 0 bridgehead atoms. The smallest absolute Gasteiger partial charge is 0.240 e. The van der Waals surface area contributed by atoms with Crippen LogP contribution in [0.4, 0.5) is 0 Å². The molecule has 0 saturated carbocycles. The molecule has 0 amide bonds. The summed E-state index contributed by atoms with van der Waals surface area (Å²) in [4.78, 5) is 2.62. The van der Waals surface area contributed by atoms with Gasteiger partial charge in [-0.1, -0.05) is 19.1 Å². The van der Waals surface area contributed by atoms with E-state index >= 15 is 0 Å². The average Bonchev–Trinajstić information content (AvgIpc) is 2.48. The van der Waals surface area contributed by atoms with Gasteiger partial charge in [0.2, 0.25) is 10.0 Å². The number of nitrogens with one attached hydrogen (secondary N) is 2. The molecule has 1 aromatic rings. The van der Waals surface area contributed by atoms with Gasteiger partial charge in [0.25, 0.3) is 0 Å². The summed E-state index contributed by atoms with van der Waals surface area (Å²) in [6.45, 7) is 7.15. The summed E-state index contributed by atoms with van der Waals surface area (Å²) in [5.74, 6) is 0. The Kier molecular flexibility index (Phi) is 5.54. The zero-order valence-electron chi connectivity index (χ0n) is 11.9. The molecular formula is C14H23N3O2S. The van der Waals surface area contributed by atoms with Crippen molar-refractivity contribution >= 4 is 10.0 Å². The van der Waals surface area contributed by atoms with Crippen molar-refractivity contribution < 1.29 is 8.42 Å². The first-order valence-electron chi connectivity index (χ1n) is 7.13. The van der Waals surface area contributed by atoms with E-state index in [0.717, 1.165) is 44.7 Å². The first-order valence-corrected chi connectivity index (χ1v) is 8.62. The van der Waals surface area contributed by atoms with Gasteiger partial charge < -0.3 is 5.32 Å². The van der Waals surface area contributed by atoms with Crippen molar-refractivity contribution in [2.75, 3.05) is 39.3 Å². The van der Waals surface area contributed by atoms with Gasteiger partial charge in [-0.05, 0) is 24.1 Å². The lowest BCUT2D eigenvalue weighted by Gasteiger charge is -2.27. The zero-order valence-corrected chi connectivity index (χ0v) is 12.7. The minimum absolute atomic E-state index is 0.358. The molecule has 1 aliphatic rings. The average molecular weight is 297 g/mol. The van der Waals surface area contributed by atoms with E-state index in [2.05, 4.69) is 14.9 Å². The molecule has 0 aromatic heterocycles. The minimum Gasteiger partial charge on any atom is -0.314 e. The maximum Gasteiger partial charge on any atom is 0.240 e. The number of hydrogen-bond donors (Lipinski definition) is 2. The fraction of sp³-hybridized carbons (Fsp3) is 0.571. The highest BCUT2D eigenvalue weighted by Crippen LogP contribution is 2.11. The van der Waals surface area contributed by atoms with Crippen LogP contribution < -0.4 is 10.0 Å². The topological polar surface area (TPSA) is 61.4 Å². The molecular weight excluding hydrogens is 274 g/mol. The summed E-state index contributed by atoms with van der Waals surface area (Å²) in [7, 11) is -3.39. The van der Waals surface area contributed by atoms with Gasteiger partial charge >= 0.3 is 0 Å². The molecule has 112 valence electrons. The highest BCUT2D eigenvalue weighted by molar-refractivity contribution is 7.89. The normalized spacial score (nSPS) is 17.2. The van der Waals surface area contributed by atoms with Crippen LogP contribution in [0, 0.1) is 0 Å². The van der Waals surface area contributed by atoms with E-state index in [1.165, 1.54) is 0 Å². The zero-order chi connectivity index (χ0) is 14.4. The first-order chi connectivity index (χ1) is 9.62. The van der Waals surface area contributed by atoms with E-state index in [-0.39, 0.29) is 0 Å². The Balaban J connectivity index is 1.89. The summed E-state index contributed by atoms with van der Waals surface area (Å²) in [5.41, 5.74) is 1.04. The van der Waals surface area contributed by atoms with Crippen molar-refractivity contribution in [2.24, 2.45) is 0 Å². The molecule has 20 heavy (non-hydrogen) atoms. The SMILES string of the molecule is CCc1cccc(S(=O)(=O)NCCN2CCNCC2)c1. The van der Waals surface area contributed by atoms with Crippen molar-refractivity contribution in [3.05, 3.63) is 29.8 Å². The standard InChI is InChI=1S/C14H23N3O2S/c1-2-13-4-3-5-14(12-13)20(18,19)16-8-11-17-9-6-15-7-10-17/h3-5,12,15-16H,2,6-11H2,1H3. The maximum atomic E-state index is 12.2. The second-order valence-electron chi connectivity index (χ2n) is 4.99. The van der Waals surface area contributed by atoms with Gasteiger partial charge in [-0.15, -0.1) is 0 Å². The Labute approximate surface area is 121 Å². The van der Waals surface area contributed by atoms with Crippen LogP contribution in [0.1, 0.15) is 12.5 Å². The van der Waals surface area contributed by atoms with Gasteiger partial charge in [-0.3, -0.25) is 4.90 Å². The molecule has 0 spiro atoms. The summed E-state index contributed by atoms with van der Waals surface area (Å²) in [6.07, 6.45) is 0.837. The lowest BCUT2D eigenvalue weighted by Crippen LogP contribution is -2.46.